The molecule has 15 heavy (non-hydrogen) atoms. The van der Waals surface area contributed by atoms with Crippen LogP contribution in [0.2, 0.25) is 5.02 Å². The highest BCUT2D eigenvalue weighted by molar-refractivity contribution is 7.22. The lowest BCUT2D eigenvalue weighted by atomic mass is 10.3. The molecule has 3 heterocycles. The summed E-state index contributed by atoms with van der Waals surface area (Å²) in [5.74, 6) is 0. The van der Waals surface area contributed by atoms with Crippen LogP contribution in [0.4, 0.5) is 0 Å². The Labute approximate surface area is 94.8 Å². The van der Waals surface area contributed by atoms with Crippen molar-refractivity contribution in [1.29, 1.82) is 0 Å². The molecule has 0 bridgehead atoms. The summed E-state index contributed by atoms with van der Waals surface area (Å²) in [6, 6.07) is 3.80. The van der Waals surface area contributed by atoms with E-state index in [2.05, 4.69) is 15.0 Å². The van der Waals surface area contributed by atoms with Crippen LogP contribution in [0.25, 0.3) is 20.8 Å². The molecule has 0 spiro atoms. The van der Waals surface area contributed by atoms with Crippen molar-refractivity contribution in [3.8, 4) is 10.6 Å². The Bertz CT molecular complexity index is 600. The van der Waals surface area contributed by atoms with Gasteiger partial charge in [-0.3, -0.25) is 4.98 Å². The van der Waals surface area contributed by atoms with Gasteiger partial charge < -0.3 is 4.98 Å². The van der Waals surface area contributed by atoms with Gasteiger partial charge in [0, 0.05) is 12.4 Å². The minimum absolute atomic E-state index is 0.742. The van der Waals surface area contributed by atoms with E-state index in [0.717, 1.165) is 25.8 Å². The Balaban J connectivity index is 2.27. The number of rotatable bonds is 1. The van der Waals surface area contributed by atoms with E-state index in [1.54, 1.807) is 29.9 Å². The third kappa shape index (κ3) is 1.42. The van der Waals surface area contributed by atoms with Crippen LogP contribution >= 0.6 is 22.9 Å². The molecule has 0 aromatic carbocycles. The van der Waals surface area contributed by atoms with Crippen molar-refractivity contribution in [3.63, 3.8) is 0 Å². The third-order valence-electron chi connectivity index (χ3n) is 2.11. The molecule has 0 aliphatic heterocycles. The second-order valence-electron chi connectivity index (χ2n) is 3.07. The van der Waals surface area contributed by atoms with Gasteiger partial charge >= 0.3 is 0 Å². The molecule has 0 atom stereocenters. The van der Waals surface area contributed by atoms with Crippen molar-refractivity contribution < 1.29 is 0 Å². The average molecular weight is 236 g/mol. The van der Waals surface area contributed by atoms with E-state index in [1.165, 1.54) is 0 Å². The minimum Gasteiger partial charge on any atom is -0.351 e. The molecule has 3 nitrogen and oxygen atoms in total. The van der Waals surface area contributed by atoms with Crippen LogP contribution in [0.5, 0.6) is 0 Å². The number of aromatic amines is 1. The third-order valence-corrected chi connectivity index (χ3v) is 3.72. The van der Waals surface area contributed by atoms with E-state index in [9.17, 15) is 0 Å². The van der Waals surface area contributed by atoms with Crippen LogP contribution < -0.4 is 0 Å². The molecular weight excluding hydrogens is 230 g/mol. The lowest BCUT2D eigenvalue weighted by Crippen LogP contribution is -1.70. The standard InChI is InChI=1S/C10H6ClN3S/c11-6-1-2-13-7-3-9(15-10(6)7)8-4-12-5-14-8/h1-5H,(H,12,14). The molecule has 74 valence electrons. The Hall–Kier alpha value is -1.39. The topological polar surface area (TPSA) is 41.6 Å². The minimum atomic E-state index is 0.742. The Morgan fingerprint density at radius 3 is 3.00 bits per heavy atom. The summed E-state index contributed by atoms with van der Waals surface area (Å²) in [5.41, 5.74) is 1.85. The summed E-state index contributed by atoms with van der Waals surface area (Å²) < 4.78 is 1.01. The van der Waals surface area contributed by atoms with E-state index in [4.69, 9.17) is 11.6 Å². The van der Waals surface area contributed by atoms with Crippen LogP contribution in [0, 0.1) is 0 Å². The van der Waals surface area contributed by atoms with Gasteiger partial charge in [0.05, 0.1) is 32.1 Å². The number of pyridine rings is 1. The number of hydrogen-bond donors (Lipinski definition) is 1. The van der Waals surface area contributed by atoms with E-state index in [1.807, 2.05) is 12.3 Å². The summed E-state index contributed by atoms with van der Waals surface area (Å²) in [6.07, 6.45) is 5.24. The number of thiophene rings is 1. The second kappa shape index (κ2) is 3.32. The smallest absolute Gasteiger partial charge is 0.0980 e. The van der Waals surface area contributed by atoms with Crippen LogP contribution in [-0.2, 0) is 0 Å². The first kappa shape index (κ1) is 8.88. The number of aromatic nitrogens is 3. The number of imidazole rings is 1. The molecular formula is C10H6ClN3S. The Morgan fingerprint density at radius 1 is 1.33 bits per heavy atom. The first-order valence-corrected chi connectivity index (χ1v) is 5.57. The van der Waals surface area contributed by atoms with E-state index >= 15 is 0 Å². The van der Waals surface area contributed by atoms with Crippen LogP contribution in [0.3, 0.4) is 0 Å². The molecule has 0 aliphatic carbocycles. The first-order valence-electron chi connectivity index (χ1n) is 4.38. The molecule has 5 heteroatoms. The predicted molar refractivity (Wildman–Crippen MR) is 62.2 cm³/mol. The summed E-state index contributed by atoms with van der Waals surface area (Å²) in [5, 5.41) is 0.742. The van der Waals surface area contributed by atoms with Gasteiger partial charge in [0.25, 0.3) is 0 Å². The molecule has 3 rings (SSSR count). The predicted octanol–water partition coefficient (Wildman–Crippen LogP) is 3.34. The quantitative estimate of drug-likeness (QED) is 0.703. The highest BCUT2D eigenvalue weighted by atomic mass is 35.5. The van der Waals surface area contributed by atoms with Gasteiger partial charge in [-0.2, -0.15) is 0 Å². The molecule has 3 aromatic heterocycles. The fourth-order valence-electron chi connectivity index (χ4n) is 1.43. The van der Waals surface area contributed by atoms with E-state index < -0.39 is 0 Å². The maximum absolute atomic E-state index is 6.07. The maximum Gasteiger partial charge on any atom is 0.0980 e. The molecule has 0 aliphatic rings. The molecule has 3 aromatic rings. The van der Waals surface area contributed by atoms with Crippen molar-refractivity contribution >= 4 is 33.2 Å². The zero-order chi connectivity index (χ0) is 10.3. The molecule has 0 unspecified atom stereocenters. The lowest BCUT2D eigenvalue weighted by molar-refractivity contribution is 1.32. The second-order valence-corrected chi connectivity index (χ2v) is 4.53. The monoisotopic (exact) mass is 235 g/mol. The molecule has 0 fully saturated rings. The van der Waals surface area contributed by atoms with Gasteiger partial charge in [0.1, 0.15) is 0 Å². The van der Waals surface area contributed by atoms with Crippen LogP contribution in [0.15, 0.2) is 30.9 Å². The highest BCUT2D eigenvalue weighted by Gasteiger charge is 2.08. The van der Waals surface area contributed by atoms with Crippen LogP contribution in [-0.4, -0.2) is 15.0 Å². The molecule has 0 radical (unpaired) electrons. The number of H-pyrrole nitrogens is 1. The summed E-state index contributed by atoms with van der Waals surface area (Å²) in [6.45, 7) is 0. The summed E-state index contributed by atoms with van der Waals surface area (Å²) in [7, 11) is 0. The van der Waals surface area contributed by atoms with Crippen molar-refractivity contribution in [2.45, 2.75) is 0 Å². The number of nitrogens with one attached hydrogen (secondary N) is 1. The highest BCUT2D eigenvalue weighted by Crippen LogP contribution is 2.34. The van der Waals surface area contributed by atoms with Crippen LogP contribution in [0.1, 0.15) is 0 Å². The van der Waals surface area contributed by atoms with Gasteiger partial charge in [0.15, 0.2) is 0 Å². The van der Waals surface area contributed by atoms with Crippen molar-refractivity contribution in [2.24, 2.45) is 0 Å². The number of fused-ring (bicyclic) bond motifs is 1. The van der Waals surface area contributed by atoms with Gasteiger partial charge in [-0.25, -0.2) is 4.98 Å². The first-order chi connectivity index (χ1) is 7.34. The summed E-state index contributed by atoms with van der Waals surface area (Å²) >= 11 is 7.68. The van der Waals surface area contributed by atoms with Gasteiger partial charge in [0.2, 0.25) is 0 Å². The Kier molecular flexibility index (Phi) is 1.97. The number of nitrogens with zero attached hydrogens (tertiary/aromatic N) is 2. The number of hydrogen-bond acceptors (Lipinski definition) is 3. The molecule has 1 N–H and O–H groups in total. The van der Waals surface area contributed by atoms with E-state index in [0.29, 0.717) is 0 Å². The number of halogens is 1. The zero-order valence-corrected chi connectivity index (χ0v) is 9.14. The van der Waals surface area contributed by atoms with Gasteiger partial charge in [-0.05, 0) is 12.1 Å². The fraction of sp³-hybridized carbons (Fsp3) is 0. The SMILES string of the molecule is Clc1ccnc2cc(-c3c[nH]cn3)sc12. The maximum atomic E-state index is 6.07. The van der Waals surface area contributed by atoms with Gasteiger partial charge in [-0.15, -0.1) is 11.3 Å². The largest absolute Gasteiger partial charge is 0.351 e. The Morgan fingerprint density at radius 2 is 2.27 bits per heavy atom. The van der Waals surface area contributed by atoms with Crippen molar-refractivity contribution in [1.82, 2.24) is 15.0 Å². The van der Waals surface area contributed by atoms with Gasteiger partial charge in [-0.1, -0.05) is 11.6 Å². The molecule has 0 amide bonds. The van der Waals surface area contributed by atoms with Crippen molar-refractivity contribution in [3.05, 3.63) is 35.9 Å². The summed E-state index contributed by atoms with van der Waals surface area (Å²) in [4.78, 5) is 12.5. The zero-order valence-electron chi connectivity index (χ0n) is 7.57. The molecule has 0 saturated heterocycles. The fourth-order valence-corrected chi connectivity index (χ4v) is 2.69. The van der Waals surface area contributed by atoms with E-state index in [-0.39, 0.29) is 0 Å². The lowest BCUT2D eigenvalue weighted by Gasteiger charge is -1.88. The normalized spacial score (nSPS) is 11.0. The average Bonchev–Trinajstić information content (AvgIpc) is 2.86. The van der Waals surface area contributed by atoms with Crippen molar-refractivity contribution in [2.75, 3.05) is 0 Å². The molecule has 0 saturated carbocycles.